The number of nitrogens with two attached hydrogens (primary N) is 1. The van der Waals surface area contributed by atoms with Crippen LogP contribution in [0.2, 0.25) is 0 Å². The fourth-order valence-corrected chi connectivity index (χ4v) is 2.53. The highest BCUT2D eigenvalue weighted by molar-refractivity contribution is 7.17. The Bertz CT molecular complexity index is 377. The van der Waals surface area contributed by atoms with E-state index in [1.807, 2.05) is 0 Å². The van der Waals surface area contributed by atoms with E-state index in [0.717, 1.165) is 18.1 Å². The number of thiophene rings is 1. The molecule has 0 bridgehead atoms. The molecule has 1 aromatic heterocycles. The third-order valence-corrected chi connectivity index (χ3v) is 3.39. The predicted octanol–water partition coefficient (Wildman–Crippen LogP) is 2.06. The summed E-state index contributed by atoms with van der Waals surface area (Å²) in [5.41, 5.74) is 6.26. The molecule has 0 radical (unpaired) electrons. The SMILES string of the molecule is CCN(CC)c1sc(C#N)c(N)c1OC. The molecule has 0 aliphatic heterocycles. The summed E-state index contributed by atoms with van der Waals surface area (Å²) in [6.45, 7) is 5.87. The van der Waals surface area contributed by atoms with Crippen molar-refractivity contribution in [3.05, 3.63) is 4.88 Å². The molecule has 0 saturated carbocycles. The van der Waals surface area contributed by atoms with Crippen molar-refractivity contribution in [1.29, 1.82) is 5.26 Å². The first-order valence-corrected chi connectivity index (χ1v) is 5.62. The van der Waals surface area contributed by atoms with Crippen molar-refractivity contribution in [1.82, 2.24) is 0 Å². The van der Waals surface area contributed by atoms with Gasteiger partial charge >= 0.3 is 0 Å². The molecule has 1 rings (SSSR count). The highest BCUT2D eigenvalue weighted by atomic mass is 32.1. The van der Waals surface area contributed by atoms with Crippen molar-refractivity contribution in [2.75, 3.05) is 30.8 Å². The lowest BCUT2D eigenvalue weighted by Crippen LogP contribution is -2.21. The lowest BCUT2D eigenvalue weighted by Gasteiger charge is -2.19. The number of methoxy groups -OCH3 is 1. The van der Waals surface area contributed by atoms with Crippen molar-refractivity contribution in [2.45, 2.75) is 13.8 Å². The van der Waals surface area contributed by atoms with Crippen LogP contribution in [0.15, 0.2) is 0 Å². The molecular formula is C10H15N3OS. The molecule has 4 nitrogen and oxygen atoms in total. The number of hydrogen-bond donors (Lipinski definition) is 1. The Hall–Kier alpha value is -1.41. The van der Waals surface area contributed by atoms with Gasteiger partial charge in [0.2, 0.25) is 0 Å². The summed E-state index contributed by atoms with van der Waals surface area (Å²) in [6, 6.07) is 2.08. The zero-order valence-electron chi connectivity index (χ0n) is 9.20. The first-order valence-electron chi connectivity index (χ1n) is 4.80. The molecule has 0 saturated heterocycles. The van der Waals surface area contributed by atoms with Gasteiger partial charge in [-0.25, -0.2) is 0 Å². The zero-order chi connectivity index (χ0) is 11.4. The van der Waals surface area contributed by atoms with E-state index in [1.54, 1.807) is 7.11 Å². The average molecular weight is 225 g/mol. The maximum absolute atomic E-state index is 8.89. The van der Waals surface area contributed by atoms with Gasteiger partial charge in [0.05, 0.1) is 7.11 Å². The summed E-state index contributed by atoms with van der Waals surface area (Å²) < 4.78 is 5.24. The maximum atomic E-state index is 8.89. The van der Waals surface area contributed by atoms with Gasteiger partial charge in [-0.1, -0.05) is 0 Å². The Kier molecular flexibility index (Phi) is 3.81. The molecule has 0 spiro atoms. The van der Waals surface area contributed by atoms with E-state index in [2.05, 4.69) is 24.8 Å². The third kappa shape index (κ3) is 2.00. The van der Waals surface area contributed by atoms with Crippen LogP contribution in [0.1, 0.15) is 18.7 Å². The molecule has 0 aromatic carbocycles. The molecule has 0 fully saturated rings. The van der Waals surface area contributed by atoms with Gasteiger partial charge in [0.15, 0.2) is 5.75 Å². The zero-order valence-corrected chi connectivity index (χ0v) is 10.0. The van der Waals surface area contributed by atoms with E-state index in [9.17, 15) is 0 Å². The average Bonchev–Trinajstić information content (AvgIpc) is 2.57. The van der Waals surface area contributed by atoms with Crippen LogP contribution in [0.3, 0.4) is 0 Å². The van der Waals surface area contributed by atoms with E-state index in [-0.39, 0.29) is 0 Å². The standard InChI is InChI=1S/C10H15N3OS/c1-4-13(5-2)10-9(14-3)8(12)7(6-11)15-10/h4-5,12H2,1-3H3. The molecule has 82 valence electrons. The first kappa shape index (κ1) is 11.7. The number of ether oxygens (including phenoxy) is 1. The van der Waals surface area contributed by atoms with Crippen LogP contribution in [0.4, 0.5) is 10.7 Å². The van der Waals surface area contributed by atoms with E-state index in [0.29, 0.717) is 16.3 Å². The second kappa shape index (κ2) is 4.89. The van der Waals surface area contributed by atoms with Gasteiger partial charge in [0, 0.05) is 13.1 Å². The van der Waals surface area contributed by atoms with E-state index in [1.165, 1.54) is 11.3 Å². The van der Waals surface area contributed by atoms with Crippen LogP contribution in [0.5, 0.6) is 5.75 Å². The Morgan fingerprint density at radius 1 is 1.47 bits per heavy atom. The smallest absolute Gasteiger partial charge is 0.177 e. The first-order chi connectivity index (χ1) is 7.19. The molecule has 15 heavy (non-hydrogen) atoms. The summed E-state index contributed by atoms with van der Waals surface area (Å²) in [5, 5.41) is 9.83. The Morgan fingerprint density at radius 3 is 2.47 bits per heavy atom. The number of nitrogen functional groups attached to an aromatic ring is 1. The summed E-state index contributed by atoms with van der Waals surface area (Å²) in [5.74, 6) is 0.625. The van der Waals surface area contributed by atoms with Crippen molar-refractivity contribution in [2.24, 2.45) is 0 Å². The molecule has 1 aromatic rings. The van der Waals surface area contributed by atoms with Crippen LogP contribution in [-0.2, 0) is 0 Å². The van der Waals surface area contributed by atoms with Crippen LogP contribution in [-0.4, -0.2) is 20.2 Å². The predicted molar refractivity (Wildman–Crippen MR) is 63.6 cm³/mol. The van der Waals surface area contributed by atoms with Crippen LogP contribution in [0, 0.1) is 11.3 Å². The van der Waals surface area contributed by atoms with Crippen molar-refractivity contribution in [3.8, 4) is 11.8 Å². The van der Waals surface area contributed by atoms with E-state index >= 15 is 0 Å². The topological polar surface area (TPSA) is 62.3 Å². The number of nitriles is 1. The van der Waals surface area contributed by atoms with Gasteiger partial charge in [0.25, 0.3) is 0 Å². The molecule has 0 amide bonds. The molecule has 0 aliphatic rings. The normalized spacial score (nSPS) is 9.73. The van der Waals surface area contributed by atoms with Crippen LogP contribution in [0.25, 0.3) is 0 Å². The fraction of sp³-hybridized carbons (Fsp3) is 0.500. The monoisotopic (exact) mass is 225 g/mol. The Balaban J connectivity index is 3.23. The van der Waals surface area contributed by atoms with Crippen molar-refractivity contribution < 1.29 is 4.74 Å². The molecule has 1 heterocycles. The van der Waals surface area contributed by atoms with Gasteiger partial charge in [-0.2, -0.15) is 5.26 Å². The fourth-order valence-electron chi connectivity index (χ4n) is 1.42. The van der Waals surface area contributed by atoms with Gasteiger partial charge in [-0.15, -0.1) is 11.3 Å². The highest BCUT2D eigenvalue weighted by Gasteiger charge is 2.19. The second-order valence-electron chi connectivity index (χ2n) is 2.97. The summed E-state index contributed by atoms with van der Waals surface area (Å²) in [7, 11) is 1.58. The number of rotatable bonds is 4. The van der Waals surface area contributed by atoms with Gasteiger partial charge in [0.1, 0.15) is 21.6 Å². The highest BCUT2D eigenvalue weighted by Crippen LogP contribution is 2.44. The molecule has 0 aliphatic carbocycles. The molecule has 5 heteroatoms. The molecular weight excluding hydrogens is 210 g/mol. The van der Waals surface area contributed by atoms with Crippen LogP contribution < -0.4 is 15.4 Å². The van der Waals surface area contributed by atoms with Crippen molar-refractivity contribution in [3.63, 3.8) is 0 Å². The minimum atomic E-state index is 0.451. The maximum Gasteiger partial charge on any atom is 0.177 e. The number of anilines is 2. The lowest BCUT2D eigenvalue weighted by atomic mass is 10.3. The third-order valence-electron chi connectivity index (χ3n) is 2.24. The summed E-state index contributed by atoms with van der Waals surface area (Å²) in [6.07, 6.45) is 0. The van der Waals surface area contributed by atoms with E-state index in [4.69, 9.17) is 15.7 Å². The number of nitrogens with zero attached hydrogens (tertiary/aromatic N) is 2. The van der Waals surface area contributed by atoms with Gasteiger partial charge < -0.3 is 15.4 Å². The second-order valence-corrected chi connectivity index (χ2v) is 3.97. The lowest BCUT2D eigenvalue weighted by molar-refractivity contribution is 0.418. The molecule has 2 N–H and O–H groups in total. The minimum Gasteiger partial charge on any atom is -0.492 e. The Morgan fingerprint density at radius 2 is 2.07 bits per heavy atom. The minimum absolute atomic E-state index is 0.451. The summed E-state index contributed by atoms with van der Waals surface area (Å²) in [4.78, 5) is 2.65. The van der Waals surface area contributed by atoms with Crippen LogP contribution >= 0.6 is 11.3 Å². The molecule has 0 atom stereocenters. The van der Waals surface area contributed by atoms with Crippen molar-refractivity contribution >= 4 is 22.0 Å². The van der Waals surface area contributed by atoms with Gasteiger partial charge in [-0.05, 0) is 13.8 Å². The Labute approximate surface area is 93.9 Å². The largest absolute Gasteiger partial charge is 0.492 e. The quantitative estimate of drug-likeness (QED) is 0.852. The van der Waals surface area contributed by atoms with Gasteiger partial charge in [-0.3, -0.25) is 0 Å². The summed E-state index contributed by atoms with van der Waals surface area (Å²) >= 11 is 1.38. The van der Waals surface area contributed by atoms with E-state index < -0.39 is 0 Å². The number of hydrogen-bond acceptors (Lipinski definition) is 5. The molecule has 0 unspecified atom stereocenters.